The van der Waals surface area contributed by atoms with Crippen molar-refractivity contribution in [2.75, 3.05) is 13.1 Å². The van der Waals surface area contributed by atoms with Crippen LogP contribution in [-0.2, 0) is 6.54 Å². The molecule has 0 aliphatic heterocycles. The van der Waals surface area contributed by atoms with Crippen LogP contribution >= 0.6 is 0 Å². The van der Waals surface area contributed by atoms with Crippen molar-refractivity contribution in [3.63, 3.8) is 0 Å². The highest BCUT2D eigenvalue weighted by Crippen LogP contribution is 2.12. The van der Waals surface area contributed by atoms with Crippen LogP contribution in [0.1, 0.15) is 19.4 Å². The van der Waals surface area contributed by atoms with Crippen LogP contribution in [0.15, 0.2) is 18.2 Å². The molecular formula is C12H18F2N2. The average molecular weight is 228 g/mol. The third kappa shape index (κ3) is 3.87. The third-order valence-electron chi connectivity index (χ3n) is 2.49. The lowest BCUT2D eigenvalue weighted by Gasteiger charge is -2.22. The number of nitrogens with one attached hydrogen (secondary N) is 1. The standard InChI is InChI=1S/C12H18F2N2/c1-12(2,7-15)8-16-6-9-3-4-10(13)5-11(9)14/h3-5,16H,6-8,15H2,1-2H3. The molecule has 0 atom stereocenters. The molecule has 0 radical (unpaired) electrons. The fourth-order valence-electron chi connectivity index (χ4n) is 1.27. The summed E-state index contributed by atoms with van der Waals surface area (Å²) in [5.74, 6) is -1.07. The molecule has 0 saturated carbocycles. The maximum Gasteiger partial charge on any atom is 0.130 e. The van der Waals surface area contributed by atoms with Crippen molar-refractivity contribution in [2.24, 2.45) is 11.1 Å². The molecule has 3 N–H and O–H groups in total. The summed E-state index contributed by atoms with van der Waals surface area (Å²) in [6.07, 6.45) is 0. The highest BCUT2D eigenvalue weighted by molar-refractivity contribution is 5.18. The van der Waals surface area contributed by atoms with Crippen molar-refractivity contribution in [1.82, 2.24) is 5.32 Å². The minimum absolute atomic E-state index is 0.0174. The molecule has 0 aliphatic carbocycles. The second kappa shape index (κ2) is 5.37. The van der Waals surface area contributed by atoms with Gasteiger partial charge < -0.3 is 11.1 Å². The molecule has 2 nitrogen and oxygen atoms in total. The van der Waals surface area contributed by atoms with Crippen molar-refractivity contribution in [3.05, 3.63) is 35.4 Å². The Morgan fingerprint density at radius 2 is 2.00 bits per heavy atom. The summed E-state index contributed by atoms with van der Waals surface area (Å²) in [5, 5.41) is 3.11. The smallest absolute Gasteiger partial charge is 0.130 e. The van der Waals surface area contributed by atoms with Gasteiger partial charge in [0.25, 0.3) is 0 Å². The molecule has 90 valence electrons. The van der Waals surface area contributed by atoms with Gasteiger partial charge in [-0.1, -0.05) is 19.9 Å². The van der Waals surface area contributed by atoms with E-state index in [4.69, 9.17) is 5.73 Å². The van der Waals surface area contributed by atoms with Crippen molar-refractivity contribution < 1.29 is 8.78 Å². The first-order valence-corrected chi connectivity index (χ1v) is 5.29. The SMILES string of the molecule is CC(C)(CN)CNCc1ccc(F)cc1F. The Morgan fingerprint density at radius 3 is 2.56 bits per heavy atom. The van der Waals surface area contributed by atoms with Crippen LogP contribution in [-0.4, -0.2) is 13.1 Å². The molecule has 0 aliphatic rings. The molecular weight excluding hydrogens is 210 g/mol. The summed E-state index contributed by atoms with van der Waals surface area (Å²) in [5.41, 5.74) is 6.02. The minimum atomic E-state index is -0.552. The van der Waals surface area contributed by atoms with Gasteiger partial charge in [0, 0.05) is 24.7 Å². The van der Waals surface area contributed by atoms with Crippen LogP contribution in [0.2, 0.25) is 0 Å². The summed E-state index contributed by atoms with van der Waals surface area (Å²) in [4.78, 5) is 0. The van der Waals surface area contributed by atoms with E-state index in [1.165, 1.54) is 12.1 Å². The average Bonchev–Trinajstić information content (AvgIpc) is 2.21. The summed E-state index contributed by atoms with van der Waals surface area (Å²) >= 11 is 0. The Bertz CT molecular complexity index is 351. The summed E-state index contributed by atoms with van der Waals surface area (Å²) in [6, 6.07) is 3.60. The van der Waals surface area contributed by atoms with E-state index < -0.39 is 11.6 Å². The second-order valence-electron chi connectivity index (χ2n) is 4.71. The van der Waals surface area contributed by atoms with Crippen molar-refractivity contribution >= 4 is 0 Å². The number of hydrogen-bond donors (Lipinski definition) is 2. The minimum Gasteiger partial charge on any atom is -0.330 e. The zero-order valence-corrected chi connectivity index (χ0v) is 9.69. The molecule has 4 heteroatoms. The van der Waals surface area contributed by atoms with E-state index in [-0.39, 0.29) is 5.41 Å². The summed E-state index contributed by atoms with van der Waals surface area (Å²) < 4.78 is 25.9. The van der Waals surface area contributed by atoms with E-state index >= 15 is 0 Å². The highest BCUT2D eigenvalue weighted by atomic mass is 19.1. The van der Waals surface area contributed by atoms with Gasteiger partial charge >= 0.3 is 0 Å². The normalized spacial score (nSPS) is 11.8. The summed E-state index contributed by atoms with van der Waals surface area (Å²) in [6.45, 7) is 5.70. The highest BCUT2D eigenvalue weighted by Gasteiger charge is 2.14. The fourth-order valence-corrected chi connectivity index (χ4v) is 1.27. The topological polar surface area (TPSA) is 38.0 Å². The fraction of sp³-hybridized carbons (Fsp3) is 0.500. The van der Waals surface area contributed by atoms with Gasteiger partial charge in [0.1, 0.15) is 11.6 Å². The molecule has 1 aromatic carbocycles. The molecule has 1 rings (SSSR count). The van der Waals surface area contributed by atoms with Gasteiger partial charge in [-0.3, -0.25) is 0 Å². The van der Waals surface area contributed by atoms with Crippen LogP contribution in [0.4, 0.5) is 8.78 Å². The van der Waals surface area contributed by atoms with Crippen LogP contribution < -0.4 is 11.1 Å². The number of benzene rings is 1. The van der Waals surface area contributed by atoms with E-state index in [2.05, 4.69) is 5.32 Å². The van der Waals surface area contributed by atoms with Gasteiger partial charge in [0.15, 0.2) is 0 Å². The molecule has 0 saturated heterocycles. The first-order chi connectivity index (χ1) is 7.44. The molecule has 0 heterocycles. The monoisotopic (exact) mass is 228 g/mol. The molecule has 0 bridgehead atoms. The van der Waals surface area contributed by atoms with Gasteiger partial charge in [-0.2, -0.15) is 0 Å². The van der Waals surface area contributed by atoms with E-state index in [1.807, 2.05) is 13.8 Å². The number of halogens is 2. The molecule has 1 aromatic rings. The Labute approximate surface area is 94.8 Å². The Morgan fingerprint density at radius 1 is 1.31 bits per heavy atom. The molecule has 16 heavy (non-hydrogen) atoms. The maximum atomic E-state index is 13.2. The van der Waals surface area contributed by atoms with Crippen LogP contribution in [0.25, 0.3) is 0 Å². The molecule has 0 fully saturated rings. The molecule has 0 spiro atoms. The Hall–Kier alpha value is -1.00. The molecule has 0 unspecified atom stereocenters. The quantitative estimate of drug-likeness (QED) is 0.809. The van der Waals surface area contributed by atoms with Gasteiger partial charge in [-0.15, -0.1) is 0 Å². The molecule has 0 amide bonds. The van der Waals surface area contributed by atoms with Crippen molar-refractivity contribution in [2.45, 2.75) is 20.4 Å². The number of nitrogens with two attached hydrogens (primary N) is 1. The van der Waals surface area contributed by atoms with E-state index in [1.54, 1.807) is 0 Å². The predicted octanol–water partition coefficient (Wildman–Crippen LogP) is 2.04. The lowest BCUT2D eigenvalue weighted by Crippen LogP contribution is -2.35. The third-order valence-corrected chi connectivity index (χ3v) is 2.49. The van der Waals surface area contributed by atoms with Crippen molar-refractivity contribution in [1.29, 1.82) is 0 Å². The first-order valence-electron chi connectivity index (χ1n) is 5.29. The maximum absolute atomic E-state index is 13.2. The summed E-state index contributed by atoms with van der Waals surface area (Å²) in [7, 11) is 0. The first kappa shape index (κ1) is 13.1. The number of hydrogen-bond acceptors (Lipinski definition) is 2. The van der Waals surface area contributed by atoms with Crippen molar-refractivity contribution in [3.8, 4) is 0 Å². The number of rotatable bonds is 5. The van der Waals surface area contributed by atoms with Gasteiger partial charge in [-0.25, -0.2) is 8.78 Å². The Balaban J connectivity index is 2.49. The van der Waals surface area contributed by atoms with Gasteiger partial charge in [0.05, 0.1) is 0 Å². The predicted molar refractivity (Wildman–Crippen MR) is 60.9 cm³/mol. The zero-order valence-electron chi connectivity index (χ0n) is 9.69. The van der Waals surface area contributed by atoms with E-state index in [0.29, 0.717) is 25.2 Å². The van der Waals surface area contributed by atoms with E-state index in [9.17, 15) is 8.78 Å². The van der Waals surface area contributed by atoms with Crippen LogP contribution in [0.3, 0.4) is 0 Å². The lowest BCUT2D eigenvalue weighted by molar-refractivity contribution is 0.350. The lowest BCUT2D eigenvalue weighted by atomic mass is 9.94. The van der Waals surface area contributed by atoms with Crippen LogP contribution in [0.5, 0.6) is 0 Å². The van der Waals surface area contributed by atoms with E-state index in [0.717, 1.165) is 6.07 Å². The largest absolute Gasteiger partial charge is 0.330 e. The Kier molecular flexibility index (Phi) is 4.38. The zero-order chi connectivity index (χ0) is 12.2. The second-order valence-corrected chi connectivity index (χ2v) is 4.71. The van der Waals surface area contributed by atoms with Gasteiger partial charge in [-0.05, 0) is 18.0 Å². The molecule has 0 aromatic heterocycles. The van der Waals surface area contributed by atoms with Crippen LogP contribution in [0, 0.1) is 17.0 Å². The van der Waals surface area contributed by atoms with Gasteiger partial charge in [0.2, 0.25) is 0 Å².